The zero-order chi connectivity index (χ0) is 16.5. The minimum absolute atomic E-state index is 0.00768. The van der Waals surface area contributed by atoms with Crippen molar-refractivity contribution in [2.24, 2.45) is 11.7 Å². The topological polar surface area (TPSA) is 63.4 Å². The van der Waals surface area contributed by atoms with E-state index in [-0.39, 0.29) is 16.4 Å². The molecule has 1 aromatic rings. The van der Waals surface area contributed by atoms with Crippen LogP contribution in [0, 0.1) is 12.8 Å². The van der Waals surface area contributed by atoms with Gasteiger partial charge in [-0.3, -0.25) is 0 Å². The van der Waals surface area contributed by atoms with Gasteiger partial charge in [0.25, 0.3) is 0 Å². The van der Waals surface area contributed by atoms with Crippen LogP contribution in [0.15, 0.2) is 23.1 Å². The van der Waals surface area contributed by atoms with E-state index in [0.717, 1.165) is 6.07 Å². The molecule has 1 aromatic carbocycles. The summed E-state index contributed by atoms with van der Waals surface area (Å²) < 4.78 is 65.0. The third-order valence-corrected chi connectivity index (χ3v) is 5.95. The number of halogens is 3. The van der Waals surface area contributed by atoms with E-state index in [4.69, 9.17) is 5.73 Å². The Kier molecular flexibility index (Phi) is 4.84. The maximum atomic E-state index is 12.9. The Morgan fingerprint density at radius 2 is 1.86 bits per heavy atom. The highest BCUT2D eigenvalue weighted by Gasteiger charge is 2.35. The average Bonchev–Trinajstić information content (AvgIpc) is 2.46. The first kappa shape index (κ1) is 17.2. The first-order valence-electron chi connectivity index (χ1n) is 7.04. The molecule has 22 heavy (non-hydrogen) atoms. The van der Waals surface area contributed by atoms with E-state index in [1.165, 1.54) is 23.4 Å². The maximum Gasteiger partial charge on any atom is 0.416 e. The molecule has 0 amide bonds. The van der Waals surface area contributed by atoms with Gasteiger partial charge in [0.05, 0.1) is 10.5 Å². The van der Waals surface area contributed by atoms with Crippen molar-refractivity contribution >= 4 is 10.0 Å². The molecule has 4 nitrogen and oxygen atoms in total. The molecule has 124 valence electrons. The third-order valence-electron chi connectivity index (χ3n) is 4.06. The van der Waals surface area contributed by atoms with Crippen LogP contribution >= 0.6 is 0 Å². The summed E-state index contributed by atoms with van der Waals surface area (Å²) in [6.07, 6.45) is -3.30. The van der Waals surface area contributed by atoms with E-state index in [9.17, 15) is 21.6 Å². The van der Waals surface area contributed by atoms with Gasteiger partial charge in [0, 0.05) is 13.1 Å². The van der Waals surface area contributed by atoms with Crippen molar-refractivity contribution in [2.45, 2.75) is 30.8 Å². The van der Waals surface area contributed by atoms with Crippen molar-refractivity contribution < 1.29 is 21.6 Å². The molecule has 0 unspecified atom stereocenters. The van der Waals surface area contributed by atoms with Crippen molar-refractivity contribution in [3.05, 3.63) is 29.3 Å². The molecule has 1 aliphatic rings. The van der Waals surface area contributed by atoms with Crippen molar-refractivity contribution in [1.82, 2.24) is 4.31 Å². The molecule has 2 rings (SSSR count). The van der Waals surface area contributed by atoms with E-state index in [0.29, 0.717) is 32.5 Å². The minimum atomic E-state index is -4.57. The summed E-state index contributed by atoms with van der Waals surface area (Å²) in [6, 6.07) is 3.15. The zero-order valence-electron chi connectivity index (χ0n) is 12.2. The fraction of sp³-hybridized carbons (Fsp3) is 0.571. The Bertz CT molecular complexity index is 636. The predicted octanol–water partition coefficient (Wildman–Crippen LogP) is 2.37. The Labute approximate surface area is 128 Å². The van der Waals surface area contributed by atoms with Crippen LogP contribution in [-0.2, 0) is 16.2 Å². The number of hydrogen-bond acceptors (Lipinski definition) is 3. The Balaban J connectivity index is 2.31. The largest absolute Gasteiger partial charge is 0.416 e. The van der Waals surface area contributed by atoms with E-state index in [1.807, 2.05) is 0 Å². The summed E-state index contributed by atoms with van der Waals surface area (Å²) in [6.45, 7) is 2.39. The summed E-state index contributed by atoms with van der Waals surface area (Å²) in [5.41, 5.74) is 4.66. The van der Waals surface area contributed by atoms with Gasteiger partial charge in [-0.05, 0) is 49.9 Å². The Hall–Kier alpha value is -1.12. The molecule has 1 heterocycles. The van der Waals surface area contributed by atoms with Crippen molar-refractivity contribution in [2.75, 3.05) is 19.6 Å². The second-order valence-electron chi connectivity index (χ2n) is 5.56. The lowest BCUT2D eigenvalue weighted by Crippen LogP contribution is -2.40. The molecule has 0 bridgehead atoms. The molecular weight excluding hydrogens is 317 g/mol. The van der Waals surface area contributed by atoms with Crippen LogP contribution in [-0.4, -0.2) is 32.4 Å². The van der Waals surface area contributed by atoms with Gasteiger partial charge in [0.2, 0.25) is 10.0 Å². The van der Waals surface area contributed by atoms with Crippen LogP contribution in [0.1, 0.15) is 24.0 Å². The lowest BCUT2D eigenvalue weighted by molar-refractivity contribution is -0.138. The van der Waals surface area contributed by atoms with Crippen LogP contribution in [0.2, 0.25) is 0 Å². The molecule has 1 saturated heterocycles. The van der Waals surface area contributed by atoms with E-state index in [1.54, 1.807) is 0 Å². The van der Waals surface area contributed by atoms with Gasteiger partial charge in [-0.25, -0.2) is 8.42 Å². The second kappa shape index (κ2) is 6.17. The predicted molar refractivity (Wildman–Crippen MR) is 76.7 cm³/mol. The van der Waals surface area contributed by atoms with E-state index >= 15 is 0 Å². The van der Waals surface area contributed by atoms with Crippen molar-refractivity contribution in [3.8, 4) is 0 Å². The molecular formula is C14H19F3N2O2S. The van der Waals surface area contributed by atoms with Crippen LogP contribution < -0.4 is 5.73 Å². The average molecular weight is 336 g/mol. The molecule has 1 aliphatic heterocycles. The molecule has 0 saturated carbocycles. The van der Waals surface area contributed by atoms with E-state index in [2.05, 4.69) is 0 Å². The number of alkyl halides is 3. The van der Waals surface area contributed by atoms with Crippen molar-refractivity contribution in [3.63, 3.8) is 0 Å². The zero-order valence-corrected chi connectivity index (χ0v) is 13.0. The van der Waals surface area contributed by atoms with Gasteiger partial charge in [-0.1, -0.05) is 6.07 Å². The quantitative estimate of drug-likeness (QED) is 0.922. The number of piperidine rings is 1. The highest BCUT2D eigenvalue weighted by Crippen LogP contribution is 2.34. The van der Waals surface area contributed by atoms with E-state index < -0.39 is 21.8 Å². The number of hydrogen-bond donors (Lipinski definition) is 1. The van der Waals surface area contributed by atoms with Crippen LogP contribution in [0.4, 0.5) is 13.2 Å². The first-order valence-corrected chi connectivity index (χ1v) is 8.48. The number of nitrogens with two attached hydrogens (primary N) is 1. The smallest absolute Gasteiger partial charge is 0.330 e. The van der Waals surface area contributed by atoms with Gasteiger partial charge in [0.1, 0.15) is 0 Å². The number of benzene rings is 1. The number of aryl methyl sites for hydroxylation is 1. The Morgan fingerprint density at radius 3 is 2.36 bits per heavy atom. The van der Waals surface area contributed by atoms with Crippen LogP contribution in [0.25, 0.3) is 0 Å². The SMILES string of the molecule is Cc1ccc(S(=O)(=O)N2CCC(CN)CC2)cc1C(F)(F)F. The summed E-state index contributed by atoms with van der Waals surface area (Å²) in [5.74, 6) is 0.273. The molecule has 1 fully saturated rings. The lowest BCUT2D eigenvalue weighted by atomic mass is 9.99. The van der Waals surface area contributed by atoms with Gasteiger partial charge in [-0.15, -0.1) is 0 Å². The normalized spacial score (nSPS) is 18.6. The molecule has 2 N–H and O–H groups in total. The number of rotatable bonds is 3. The highest BCUT2D eigenvalue weighted by atomic mass is 32.2. The third kappa shape index (κ3) is 3.44. The summed E-state index contributed by atoms with van der Waals surface area (Å²) in [5, 5.41) is 0. The maximum absolute atomic E-state index is 12.9. The summed E-state index contributed by atoms with van der Waals surface area (Å²) in [7, 11) is -3.90. The fourth-order valence-electron chi connectivity index (χ4n) is 2.60. The Morgan fingerprint density at radius 1 is 1.27 bits per heavy atom. The fourth-order valence-corrected chi connectivity index (χ4v) is 4.10. The summed E-state index contributed by atoms with van der Waals surface area (Å²) in [4.78, 5) is -0.309. The molecule has 0 aliphatic carbocycles. The van der Waals surface area contributed by atoms with Gasteiger partial charge >= 0.3 is 6.18 Å². The summed E-state index contributed by atoms with van der Waals surface area (Å²) >= 11 is 0. The first-order chi connectivity index (χ1) is 10.2. The van der Waals surface area contributed by atoms with Crippen LogP contribution in [0.3, 0.4) is 0 Å². The van der Waals surface area contributed by atoms with Gasteiger partial charge < -0.3 is 5.73 Å². The number of nitrogens with zero attached hydrogens (tertiary/aromatic N) is 1. The molecule has 8 heteroatoms. The standard InChI is InChI=1S/C14H19F3N2O2S/c1-10-2-3-12(8-13(10)14(15,16)17)22(20,21)19-6-4-11(9-18)5-7-19/h2-3,8,11H,4-7,9,18H2,1H3. The molecule has 0 radical (unpaired) electrons. The highest BCUT2D eigenvalue weighted by molar-refractivity contribution is 7.89. The van der Waals surface area contributed by atoms with Gasteiger partial charge in [0.15, 0.2) is 0 Å². The molecule has 0 aromatic heterocycles. The van der Waals surface area contributed by atoms with Crippen LogP contribution in [0.5, 0.6) is 0 Å². The number of sulfonamides is 1. The lowest BCUT2D eigenvalue weighted by Gasteiger charge is -2.30. The van der Waals surface area contributed by atoms with Crippen molar-refractivity contribution in [1.29, 1.82) is 0 Å². The molecule has 0 spiro atoms. The monoisotopic (exact) mass is 336 g/mol. The van der Waals surface area contributed by atoms with Gasteiger partial charge in [-0.2, -0.15) is 17.5 Å². The molecule has 0 atom stereocenters. The second-order valence-corrected chi connectivity index (χ2v) is 7.50. The minimum Gasteiger partial charge on any atom is -0.330 e.